The third-order valence-corrected chi connectivity index (χ3v) is 10.1. The smallest absolute Gasteiger partial charge is 0.145 e. The van der Waals surface area contributed by atoms with Crippen LogP contribution in [-0.2, 0) is 0 Å². The van der Waals surface area contributed by atoms with Gasteiger partial charge in [-0.25, -0.2) is 4.98 Å². The monoisotopic (exact) mass is 648 g/mol. The summed E-state index contributed by atoms with van der Waals surface area (Å²) < 4.78 is 1.92. The summed E-state index contributed by atoms with van der Waals surface area (Å²) in [5.41, 5.74) is 11.0. The maximum absolute atomic E-state index is 6.59. The standard InChI is InChI=1S/C45H25B5N2/c46-39-40(47)42(49)44(43(50)41(39)48)52-36-17-9-8-16-35(36)51-45(52)30-24-22-29(23-25-30)38-33-14-6-4-12-31(33)37(32-13-5-7-15-34(32)38)28-20-18-27(19-21-28)26-10-2-1-3-11-26/h1-25H. The van der Waals surface area contributed by atoms with Gasteiger partial charge >= 0.3 is 0 Å². The normalized spacial score (nSPS) is 11.5. The fourth-order valence-corrected chi connectivity index (χ4v) is 7.52. The lowest BCUT2D eigenvalue weighted by Crippen LogP contribution is -2.56. The third kappa shape index (κ3) is 5.06. The molecular formula is C45H25B5N2. The second-order valence-electron chi connectivity index (χ2n) is 13.0. The van der Waals surface area contributed by atoms with Crippen LogP contribution < -0.4 is 27.3 Å². The van der Waals surface area contributed by atoms with Crippen LogP contribution in [0.3, 0.4) is 0 Å². The van der Waals surface area contributed by atoms with Crippen LogP contribution in [0.5, 0.6) is 0 Å². The largest absolute Gasteiger partial charge is 0.294 e. The number of hydrogen-bond acceptors (Lipinski definition) is 1. The molecule has 0 amide bonds. The van der Waals surface area contributed by atoms with E-state index in [0.29, 0.717) is 11.5 Å². The van der Waals surface area contributed by atoms with E-state index >= 15 is 0 Å². The Hall–Kier alpha value is -5.93. The van der Waals surface area contributed by atoms with E-state index in [1.165, 1.54) is 49.4 Å². The minimum atomic E-state index is 0.170. The highest BCUT2D eigenvalue weighted by Gasteiger charge is 2.21. The van der Waals surface area contributed by atoms with Crippen LogP contribution in [0.25, 0.3) is 83.0 Å². The van der Waals surface area contributed by atoms with Crippen LogP contribution in [0.15, 0.2) is 152 Å². The van der Waals surface area contributed by atoms with Crippen molar-refractivity contribution in [2.45, 2.75) is 0 Å². The molecule has 0 N–H and O–H groups in total. The van der Waals surface area contributed by atoms with Gasteiger partial charge in [-0.05, 0) is 67.1 Å². The lowest BCUT2D eigenvalue weighted by Gasteiger charge is -2.23. The number of rotatable bonds is 5. The summed E-state index contributed by atoms with van der Waals surface area (Å²) in [5.74, 6) is 0.652. The van der Waals surface area contributed by atoms with Crippen molar-refractivity contribution in [2.75, 3.05) is 0 Å². The van der Waals surface area contributed by atoms with Crippen molar-refractivity contribution in [2.24, 2.45) is 0 Å². The van der Waals surface area contributed by atoms with Gasteiger partial charge in [0.15, 0.2) is 0 Å². The van der Waals surface area contributed by atoms with Gasteiger partial charge < -0.3 is 0 Å². The SMILES string of the molecule is [B]c1c([B])c([B])c(-n2c(-c3ccc(-c4c5ccccc5c(-c5ccc(-c6ccccc6)cc5)c5ccccc45)cc3)nc3ccccc32)c([B])c1[B]. The first-order valence-electron chi connectivity index (χ1n) is 17.1. The Kier molecular flexibility index (Phi) is 7.81. The first-order valence-corrected chi connectivity index (χ1v) is 17.1. The predicted octanol–water partition coefficient (Wildman–Crippen LogP) is 5.97. The van der Waals surface area contributed by atoms with E-state index in [1.54, 1.807) is 0 Å². The lowest BCUT2D eigenvalue weighted by atomic mass is 9.61. The van der Waals surface area contributed by atoms with Gasteiger partial charge in [-0.1, -0.05) is 150 Å². The molecule has 0 fully saturated rings. The molecule has 7 heteroatoms. The minimum Gasteiger partial charge on any atom is -0.294 e. The molecule has 230 valence electrons. The number of para-hydroxylation sites is 2. The van der Waals surface area contributed by atoms with Gasteiger partial charge in [-0.2, -0.15) is 0 Å². The van der Waals surface area contributed by atoms with Crippen molar-refractivity contribution in [1.82, 2.24) is 9.55 Å². The van der Waals surface area contributed by atoms with Gasteiger partial charge in [0.25, 0.3) is 0 Å². The summed E-state index contributed by atoms with van der Waals surface area (Å²) in [4.78, 5) is 5.04. The summed E-state index contributed by atoms with van der Waals surface area (Å²) in [6.07, 6.45) is 0. The van der Waals surface area contributed by atoms with Crippen molar-refractivity contribution in [1.29, 1.82) is 0 Å². The van der Waals surface area contributed by atoms with E-state index in [9.17, 15) is 0 Å². The molecule has 0 aliphatic heterocycles. The molecular weight excluding hydrogens is 623 g/mol. The first-order chi connectivity index (χ1) is 25.4. The van der Waals surface area contributed by atoms with Crippen molar-refractivity contribution in [3.8, 4) is 50.5 Å². The van der Waals surface area contributed by atoms with E-state index in [4.69, 9.17) is 44.2 Å². The maximum Gasteiger partial charge on any atom is 0.145 e. The number of aromatic nitrogens is 2. The quantitative estimate of drug-likeness (QED) is 0.166. The molecule has 10 radical (unpaired) electrons. The Morgan fingerprint density at radius 2 is 0.731 bits per heavy atom. The second kappa shape index (κ2) is 12.7. The van der Waals surface area contributed by atoms with Gasteiger partial charge in [0.05, 0.1) is 11.0 Å². The van der Waals surface area contributed by atoms with Crippen molar-refractivity contribution >= 4 is 99.1 Å². The molecule has 0 saturated heterocycles. The molecule has 0 unspecified atom stereocenters. The number of nitrogens with zero attached hydrogens (tertiary/aromatic N) is 2. The summed E-state index contributed by atoms with van der Waals surface area (Å²) >= 11 is 0. The Morgan fingerprint density at radius 1 is 0.346 bits per heavy atom. The average Bonchev–Trinajstić information content (AvgIpc) is 3.58. The molecule has 9 rings (SSSR count). The molecule has 0 saturated carbocycles. The Balaban J connectivity index is 1.21. The molecule has 0 atom stereocenters. The zero-order chi connectivity index (χ0) is 35.5. The molecule has 1 aromatic heterocycles. The van der Waals surface area contributed by atoms with Crippen molar-refractivity contribution < 1.29 is 0 Å². The molecule has 2 nitrogen and oxygen atoms in total. The zero-order valence-electron chi connectivity index (χ0n) is 28.2. The predicted molar refractivity (Wildman–Crippen MR) is 225 cm³/mol. The average molecular weight is 648 g/mol. The van der Waals surface area contributed by atoms with Crippen LogP contribution >= 0.6 is 0 Å². The second-order valence-corrected chi connectivity index (χ2v) is 13.0. The summed E-state index contributed by atoms with van der Waals surface area (Å²) in [6.45, 7) is 0. The van der Waals surface area contributed by atoms with Crippen LogP contribution in [0, 0.1) is 0 Å². The molecule has 0 aliphatic rings. The third-order valence-electron chi connectivity index (χ3n) is 10.1. The maximum atomic E-state index is 6.59. The summed E-state index contributed by atoms with van der Waals surface area (Å²) in [6, 6.07) is 53.0. The van der Waals surface area contributed by atoms with E-state index in [1.807, 2.05) is 34.9 Å². The number of imidazole rings is 1. The van der Waals surface area contributed by atoms with E-state index in [-0.39, 0.29) is 27.3 Å². The van der Waals surface area contributed by atoms with E-state index < -0.39 is 0 Å². The van der Waals surface area contributed by atoms with Crippen molar-refractivity contribution in [3.05, 3.63) is 152 Å². The van der Waals surface area contributed by atoms with Crippen LogP contribution in [-0.4, -0.2) is 48.8 Å². The molecule has 8 aromatic carbocycles. The fraction of sp³-hybridized carbons (Fsp3) is 0. The zero-order valence-corrected chi connectivity index (χ0v) is 28.2. The number of benzene rings is 8. The molecule has 1 heterocycles. The highest BCUT2D eigenvalue weighted by molar-refractivity contribution is 6.68. The molecule has 0 spiro atoms. The minimum absolute atomic E-state index is 0.170. The highest BCUT2D eigenvalue weighted by Crippen LogP contribution is 2.44. The Morgan fingerprint density at radius 3 is 1.25 bits per heavy atom. The molecule has 9 aromatic rings. The van der Waals surface area contributed by atoms with Crippen molar-refractivity contribution in [3.63, 3.8) is 0 Å². The van der Waals surface area contributed by atoms with Crippen LogP contribution in [0.1, 0.15) is 0 Å². The fourth-order valence-electron chi connectivity index (χ4n) is 7.52. The summed E-state index contributed by atoms with van der Waals surface area (Å²) in [7, 11) is 32.0. The Bertz CT molecular complexity index is 2740. The highest BCUT2D eigenvalue weighted by atomic mass is 15.1. The number of fused-ring (bicyclic) bond motifs is 3. The van der Waals surface area contributed by atoms with E-state index in [2.05, 4.69) is 121 Å². The number of hydrogen-bond donors (Lipinski definition) is 0. The summed E-state index contributed by atoms with van der Waals surface area (Å²) in [5, 5.41) is 4.74. The van der Waals surface area contributed by atoms with Crippen LogP contribution in [0.4, 0.5) is 0 Å². The molecule has 0 bridgehead atoms. The first kappa shape index (κ1) is 32.0. The topological polar surface area (TPSA) is 17.8 Å². The molecule has 0 aliphatic carbocycles. The molecule has 52 heavy (non-hydrogen) atoms. The van der Waals surface area contributed by atoms with E-state index in [0.717, 1.165) is 22.2 Å². The van der Waals surface area contributed by atoms with Crippen LogP contribution in [0.2, 0.25) is 0 Å². The van der Waals surface area contributed by atoms with Gasteiger partial charge in [-0.15, -0.1) is 16.4 Å². The van der Waals surface area contributed by atoms with Gasteiger partial charge in [0.1, 0.15) is 45.1 Å². The Labute approximate surface area is 309 Å². The lowest BCUT2D eigenvalue weighted by molar-refractivity contribution is 1.12. The van der Waals surface area contributed by atoms with Gasteiger partial charge in [0, 0.05) is 11.3 Å². The van der Waals surface area contributed by atoms with Gasteiger partial charge in [0.2, 0.25) is 0 Å². The van der Waals surface area contributed by atoms with Gasteiger partial charge in [-0.3, -0.25) is 4.57 Å².